The molecule has 2 rings (SSSR count). The molecule has 1 aromatic heterocycles. The lowest BCUT2D eigenvalue weighted by molar-refractivity contribution is -0.121. The minimum absolute atomic E-state index is 0.0576. The molecule has 2 amide bonds. The van der Waals surface area contributed by atoms with Crippen LogP contribution in [0.4, 0.5) is 0 Å². The lowest BCUT2D eigenvalue weighted by Crippen LogP contribution is -2.38. The number of rotatable bonds is 4. The maximum absolute atomic E-state index is 12.2. The summed E-state index contributed by atoms with van der Waals surface area (Å²) < 4.78 is 0. The molecule has 0 aliphatic carbocycles. The number of likely N-dealkylation sites (N-methyl/N-ethyl adjacent to an activating group) is 2. The summed E-state index contributed by atoms with van der Waals surface area (Å²) in [7, 11) is 1.61. The van der Waals surface area contributed by atoms with Crippen molar-refractivity contribution >= 4 is 22.7 Å². The van der Waals surface area contributed by atoms with Crippen LogP contribution in [0.25, 0.3) is 10.9 Å². The van der Waals surface area contributed by atoms with Crippen LogP contribution in [0, 0.1) is 0 Å². The summed E-state index contributed by atoms with van der Waals surface area (Å²) in [6, 6.07) is 9.47. The highest BCUT2D eigenvalue weighted by molar-refractivity contribution is 5.99. The number of aromatic amines is 1. The Balaban J connectivity index is 2.12. The van der Waals surface area contributed by atoms with Gasteiger partial charge in [-0.25, -0.2) is 0 Å². The fourth-order valence-corrected chi connectivity index (χ4v) is 1.93. The smallest absolute Gasteiger partial charge is 0.270 e. The topological polar surface area (TPSA) is 65.2 Å². The number of H-pyrrole nitrogens is 1. The predicted molar refractivity (Wildman–Crippen MR) is 73.9 cm³/mol. The van der Waals surface area contributed by atoms with Gasteiger partial charge in [-0.1, -0.05) is 18.2 Å². The highest BCUT2D eigenvalue weighted by Gasteiger charge is 2.16. The first kappa shape index (κ1) is 13.1. The van der Waals surface area contributed by atoms with Crippen molar-refractivity contribution < 1.29 is 9.59 Å². The Kier molecular flexibility index (Phi) is 3.85. The molecular formula is C14H17N3O2. The first-order valence-corrected chi connectivity index (χ1v) is 6.21. The number of para-hydroxylation sites is 1. The van der Waals surface area contributed by atoms with E-state index in [-0.39, 0.29) is 18.4 Å². The average Bonchev–Trinajstić information content (AvgIpc) is 2.81. The van der Waals surface area contributed by atoms with Crippen molar-refractivity contribution in [3.63, 3.8) is 0 Å². The van der Waals surface area contributed by atoms with E-state index in [0.717, 1.165) is 10.9 Å². The molecule has 0 atom stereocenters. The van der Waals surface area contributed by atoms with Crippen LogP contribution in [0.1, 0.15) is 17.4 Å². The first-order valence-electron chi connectivity index (χ1n) is 6.21. The zero-order chi connectivity index (χ0) is 13.8. The summed E-state index contributed by atoms with van der Waals surface area (Å²) >= 11 is 0. The molecule has 5 nitrogen and oxygen atoms in total. The van der Waals surface area contributed by atoms with Crippen LogP contribution >= 0.6 is 0 Å². The van der Waals surface area contributed by atoms with E-state index < -0.39 is 0 Å². The van der Waals surface area contributed by atoms with Crippen LogP contribution in [-0.2, 0) is 4.79 Å². The van der Waals surface area contributed by atoms with Crippen molar-refractivity contribution in [3.8, 4) is 0 Å². The third-order valence-electron chi connectivity index (χ3n) is 2.86. The second kappa shape index (κ2) is 5.56. The van der Waals surface area contributed by atoms with Gasteiger partial charge < -0.3 is 15.2 Å². The maximum atomic E-state index is 12.2. The van der Waals surface area contributed by atoms with Crippen molar-refractivity contribution in [1.29, 1.82) is 0 Å². The van der Waals surface area contributed by atoms with Crippen LogP contribution in [0.5, 0.6) is 0 Å². The lowest BCUT2D eigenvalue weighted by Gasteiger charge is -2.15. The van der Waals surface area contributed by atoms with E-state index in [0.29, 0.717) is 12.2 Å². The molecule has 2 N–H and O–H groups in total. The van der Waals surface area contributed by atoms with E-state index in [1.54, 1.807) is 13.1 Å². The molecule has 19 heavy (non-hydrogen) atoms. The Labute approximate surface area is 111 Å². The Bertz CT molecular complexity index is 571. The number of fused-ring (bicyclic) bond motifs is 1. The van der Waals surface area contributed by atoms with Crippen molar-refractivity contribution in [2.75, 3.05) is 20.1 Å². The molecule has 0 bridgehead atoms. The van der Waals surface area contributed by atoms with E-state index in [1.165, 1.54) is 4.90 Å². The van der Waals surface area contributed by atoms with Gasteiger partial charge in [0.1, 0.15) is 5.69 Å². The number of carbonyl (C=O) groups is 2. The molecule has 100 valence electrons. The molecule has 0 spiro atoms. The lowest BCUT2D eigenvalue weighted by atomic mass is 10.2. The van der Waals surface area contributed by atoms with E-state index in [9.17, 15) is 9.59 Å². The molecule has 5 heteroatoms. The summed E-state index contributed by atoms with van der Waals surface area (Å²) in [5, 5.41) is 3.65. The molecule has 2 aromatic rings. The molecule has 0 aliphatic heterocycles. The molecule has 0 aliphatic rings. The number of benzene rings is 1. The number of nitrogens with zero attached hydrogens (tertiary/aromatic N) is 1. The van der Waals surface area contributed by atoms with Crippen LogP contribution in [0.2, 0.25) is 0 Å². The molecule has 0 saturated heterocycles. The minimum atomic E-state index is -0.192. The monoisotopic (exact) mass is 259 g/mol. The van der Waals surface area contributed by atoms with Gasteiger partial charge in [0.25, 0.3) is 5.91 Å². The fraction of sp³-hybridized carbons (Fsp3) is 0.286. The number of hydrogen-bond donors (Lipinski definition) is 2. The average molecular weight is 259 g/mol. The van der Waals surface area contributed by atoms with Gasteiger partial charge in [0.05, 0.1) is 6.54 Å². The van der Waals surface area contributed by atoms with E-state index in [1.807, 2.05) is 31.2 Å². The van der Waals surface area contributed by atoms with E-state index in [2.05, 4.69) is 10.3 Å². The standard InChI is InChI=1S/C14H17N3O2/c1-3-15-13(18)9-17(2)14(19)12-8-10-6-4-5-7-11(10)16-12/h4-8,16H,3,9H2,1-2H3,(H,15,18). The Morgan fingerprint density at radius 2 is 2.05 bits per heavy atom. The maximum Gasteiger partial charge on any atom is 0.270 e. The second-order valence-corrected chi connectivity index (χ2v) is 4.38. The number of amides is 2. The SMILES string of the molecule is CCNC(=O)CN(C)C(=O)c1cc2ccccc2[nH]1. The quantitative estimate of drug-likeness (QED) is 0.871. The Morgan fingerprint density at radius 3 is 2.74 bits per heavy atom. The summed E-state index contributed by atoms with van der Waals surface area (Å²) in [6.07, 6.45) is 0. The van der Waals surface area contributed by atoms with Crippen LogP contribution in [0.3, 0.4) is 0 Å². The largest absolute Gasteiger partial charge is 0.355 e. The van der Waals surface area contributed by atoms with Gasteiger partial charge in [-0.15, -0.1) is 0 Å². The van der Waals surface area contributed by atoms with Gasteiger partial charge in [0.15, 0.2) is 0 Å². The highest BCUT2D eigenvalue weighted by atomic mass is 16.2. The van der Waals surface area contributed by atoms with Crippen LogP contribution in [-0.4, -0.2) is 41.8 Å². The van der Waals surface area contributed by atoms with Crippen LogP contribution < -0.4 is 5.32 Å². The van der Waals surface area contributed by atoms with Crippen molar-refractivity contribution in [2.45, 2.75) is 6.92 Å². The predicted octanol–water partition coefficient (Wildman–Crippen LogP) is 1.38. The van der Waals surface area contributed by atoms with Crippen molar-refractivity contribution in [3.05, 3.63) is 36.0 Å². The third-order valence-corrected chi connectivity index (χ3v) is 2.86. The normalized spacial score (nSPS) is 10.4. The zero-order valence-corrected chi connectivity index (χ0v) is 11.1. The number of hydrogen-bond acceptors (Lipinski definition) is 2. The highest BCUT2D eigenvalue weighted by Crippen LogP contribution is 2.15. The van der Waals surface area contributed by atoms with Crippen LogP contribution in [0.15, 0.2) is 30.3 Å². The van der Waals surface area contributed by atoms with Gasteiger partial charge in [0, 0.05) is 24.5 Å². The minimum Gasteiger partial charge on any atom is -0.355 e. The van der Waals surface area contributed by atoms with Gasteiger partial charge in [-0.05, 0) is 19.1 Å². The van der Waals surface area contributed by atoms with Gasteiger partial charge in [-0.2, -0.15) is 0 Å². The molecule has 0 unspecified atom stereocenters. The van der Waals surface area contributed by atoms with E-state index in [4.69, 9.17) is 0 Å². The number of carbonyl (C=O) groups excluding carboxylic acids is 2. The molecular weight excluding hydrogens is 242 g/mol. The molecule has 0 radical (unpaired) electrons. The summed E-state index contributed by atoms with van der Waals surface area (Å²) in [4.78, 5) is 28.1. The molecule has 1 heterocycles. The Morgan fingerprint density at radius 1 is 1.32 bits per heavy atom. The Hall–Kier alpha value is -2.30. The zero-order valence-electron chi connectivity index (χ0n) is 11.1. The summed E-state index contributed by atoms with van der Waals surface area (Å²) in [5.74, 6) is -0.350. The van der Waals surface area contributed by atoms with Crippen molar-refractivity contribution in [2.24, 2.45) is 0 Å². The van der Waals surface area contributed by atoms with Gasteiger partial charge in [-0.3, -0.25) is 9.59 Å². The molecule has 0 saturated carbocycles. The molecule has 1 aromatic carbocycles. The first-order chi connectivity index (χ1) is 9.11. The summed E-state index contributed by atoms with van der Waals surface area (Å²) in [5.41, 5.74) is 1.41. The van der Waals surface area contributed by atoms with Gasteiger partial charge >= 0.3 is 0 Å². The summed E-state index contributed by atoms with van der Waals surface area (Å²) in [6.45, 7) is 2.46. The molecule has 0 fully saturated rings. The number of aromatic nitrogens is 1. The fourth-order valence-electron chi connectivity index (χ4n) is 1.93. The van der Waals surface area contributed by atoms with E-state index >= 15 is 0 Å². The second-order valence-electron chi connectivity index (χ2n) is 4.38. The third kappa shape index (κ3) is 2.93. The van der Waals surface area contributed by atoms with Gasteiger partial charge in [0.2, 0.25) is 5.91 Å². The van der Waals surface area contributed by atoms with Crippen molar-refractivity contribution in [1.82, 2.24) is 15.2 Å². The number of nitrogens with one attached hydrogen (secondary N) is 2.